The first-order valence-electron chi connectivity index (χ1n) is 2.84. The van der Waals surface area contributed by atoms with Gasteiger partial charge in [-0.25, -0.2) is 0 Å². The Morgan fingerprint density at radius 3 is 2.90 bits per heavy atom. The molecular weight excluding hydrogens is 130 g/mol. The molecule has 2 aliphatic heterocycles. The van der Waals surface area contributed by atoms with Crippen molar-refractivity contribution in [2.45, 2.75) is 0 Å². The van der Waals surface area contributed by atoms with Gasteiger partial charge in [-0.3, -0.25) is 4.98 Å². The number of hydrogen-bond acceptors (Lipinski definition) is 3. The van der Waals surface area contributed by atoms with Gasteiger partial charge in [0.1, 0.15) is 0 Å². The highest BCUT2D eigenvalue weighted by atomic mass is 16.5. The lowest BCUT2D eigenvalue weighted by Crippen LogP contribution is -1.96. The third-order valence-electron chi connectivity index (χ3n) is 1.33. The van der Waals surface area contributed by atoms with Crippen LogP contribution in [0.2, 0.25) is 0 Å². The molecule has 0 saturated carbocycles. The van der Waals surface area contributed by atoms with Gasteiger partial charge in [0.2, 0.25) is 0 Å². The van der Waals surface area contributed by atoms with E-state index in [-0.39, 0.29) is 0 Å². The van der Waals surface area contributed by atoms with E-state index in [0.717, 1.165) is 16.0 Å². The van der Waals surface area contributed by atoms with Crippen LogP contribution in [0.15, 0.2) is 24.8 Å². The van der Waals surface area contributed by atoms with E-state index in [0.29, 0.717) is 0 Å². The van der Waals surface area contributed by atoms with Crippen LogP contribution in [0, 0.1) is 0 Å². The van der Waals surface area contributed by atoms with Gasteiger partial charge < -0.3 is 5.21 Å². The van der Waals surface area contributed by atoms with Crippen molar-refractivity contribution in [3.05, 3.63) is 24.8 Å². The first-order valence-corrected chi connectivity index (χ1v) is 2.84. The third-order valence-corrected chi connectivity index (χ3v) is 1.33. The fourth-order valence-corrected chi connectivity index (χ4v) is 0.842. The first kappa shape index (κ1) is 5.22. The molecule has 1 N–H and O–H groups in total. The Morgan fingerprint density at radius 2 is 2.00 bits per heavy atom. The average Bonchev–Trinajstić information content (AvgIpc) is 2.33. The summed E-state index contributed by atoms with van der Waals surface area (Å²) in [4.78, 5) is 4.65. The maximum absolute atomic E-state index is 8.83. The standard InChI is InChI=1S/C6H5N3O/c10-9-4-6-2-7-1-5(6)3-8-9/h1-4,10H. The maximum Gasteiger partial charge on any atom is 0.0743 e. The van der Waals surface area contributed by atoms with E-state index in [9.17, 15) is 0 Å². The summed E-state index contributed by atoms with van der Waals surface area (Å²) in [5.41, 5.74) is 1.82. The van der Waals surface area contributed by atoms with Crippen LogP contribution in [0.3, 0.4) is 0 Å². The minimum absolute atomic E-state index is 0.768. The summed E-state index contributed by atoms with van der Waals surface area (Å²) in [5.74, 6) is 0. The molecule has 0 aliphatic carbocycles. The van der Waals surface area contributed by atoms with Crippen molar-refractivity contribution < 1.29 is 5.21 Å². The summed E-state index contributed by atoms with van der Waals surface area (Å²) < 4.78 is 0. The van der Waals surface area contributed by atoms with Gasteiger partial charge >= 0.3 is 0 Å². The number of aromatic nitrogens is 3. The molecule has 2 rings (SSSR count). The quantitative estimate of drug-likeness (QED) is 0.539. The number of fused-ring (bicyclic) bond motifs is 1. The molecule has 0 aromatic rings. The highest BCUT2D eigenvalue weighted by molar-refractivity contribution is 5.60. The molecule has 4 heteroatoms. The zero-order valence-electron chi connectivity index (χ0n) is 5.10. The van der Waals surface area contributed by atoms with Gasteiger partial charge in [0.25, 0.3) is 0 Å². The van der Waals surface area contributed by atoms with Crippen molar-refractivity contribution in [1.29, 1.82) is 0 Å². The van der Waals surface area contributed by atoms with E-state index in [4.69, 9.17) is 5.21 Å². The van der Waals surface area contributed by atoms with Crippen LogP contribution in [0.5, 0.6) is 0 Å². The number of hydrogen-bond donors (Lipinski definition) is 1. The maximum atomic E-state index is 8.83. The molecule has 0 radical (unpaired) electrons. The van der Waals surface area contributed by atoms with Gasteiger partial charge in [-0.2, -0.15) is 0 Å². The molecule has 0 amide bonds. The second-order valence-electron chi connectivity index (χ2n) is 2.01. The Hall–Kier alpha value is -1.58. The van der Waals surface area contributed by atoms with Crippen molar-refractivity contribution in [2.24, 2.45) is 0 Å². The summed E-state index contributed by atoms with van der Waals surface area (Å²) in [6.45, 7) is 0. The van der Waals surface area contributed by atoms with E-state index < -0.39 is 0 Å². The van der Waals surface area contributed by atoms with Crippen LogP contribution in [-0.2, 0) is 0 Å². The van der Waals surface area contributed by atoms with E-state index >= 15 is 0 Å². The van der Waals surface area contributed by atoms with Crippen molar-refractivity contribution >= 4 is 0 Å². The molecule has 4 nitrogen and oxygen atoms in total. The molecule has 0 bridgehead atoms. The summed E-state index contributed by atoms with van der Waals surface area (Å²) in [7, 11) is 0. The molecule has 0 atom stereocenters. The Kier molecular flexibility index (Phi) is 0.887. The zero-order valence-corrected chi connectivity index (χ0v) is 5.10. The van der Waals surface area contributed by atoms with E-state index in [1.165, 1.54) is 6.20 Å². The van der Waals surface area contributed by atoms with E-state index in [1.54, 1.807) is 18.6 Å². The van der Waals surface area contributed by atoms with Crippen molar-refractivity contribution in [2.75, 3.05) is 0 Å². The predicted octanol–water partition coefficient (Wildman–Crippen LogP) is 0.620. The van der Waals surface area contributed by atoms with Crippen molar-refractivity contribution in [3.63, 3.8) is 0 Å². The molecule has 0 spiro atoms. The highest BCUT2D eigenvalue weighted by Crippen LogP contribution is 2.16. The van der Waals surface area contributed by atoms with Crippen LogP contribution in [0.25, 0.3) is 11.1 Å². The Bertz CT molecular complexity index is 317. The SMILES string of the molecule is On1cc2cncc-2cn1. The van der Waals surface area contributed by atoms with Gasteiger partial charge in [-0.15, -0.1) is 9.94 Å². The summed E-state index contributed by atoms with van der Waals surface area (Å²) >= 11 is 0. The zero-order chi connectivity index (χ0) is 6.97. The molecule has 0 aromatic carbocycles. The minimum Gasteiger partial charge on any atom is -0.412 e. The summed E-state index contributed by atoms with van der Waals surface area (Å²) in [6, 6.07) is 0. The molecule has 50 valence electrons. The van der Waals surface area contributed by atoms with Crippen LogP contribution >= 0.6 is 0 Å². The summed E-state index contributed by atoms with van der Waals surface area (Å²) in [5, 5.41) is 12.4. The molecule has 2 aliphatic rings. The van der Waals surface area contributed by atoms with Crippen molar-refractivity contribution in [1.82, 2.24) is 14.9 Å². The Labute approximate surface area is 57.0 Å². The average molecular weight is 135 g/mol. The summed E-state index contributed by atoms with van der Waals surface area (Å²) in [6.07, 6.45) is 6.43. The first-order chi connectivity index (χ1) is 4.86. The Morgan fingerprint density at radius 1 is 1.20 bits per heavy atom. The molecule has 0 unspecified atom stereocenters. The normalized spacial score (nSPS) is 10.4. The van der Waals surface area contributed by atoms with Gasteiger partial charge in [-0.1, -0.05) is 0 Å². The lowest BCUT2D eigenvalue weighted by Gasteiger charge is -1.96. The smallest absolute Gasteiger partial charge is 0.0743 e. The fraction of sp³-hybridized carbons (Fsp3) is 0. The molecule has 0 fully saturated rings. The molecule has 0 aromatic heterocycles. The second-order valence-corrected chi connectivity index (χ2v) is 2.01. The molecule has 0 saturated heterocycles. The van der Waals surface area contributed by atoms with Crippen LogP contribution in [0.1, 0.15) is 0 Å². The van der Waals surface area contributed by atoms with Crippen LogP contribution in [0.4, 0.5) is 0 Å². The third kappa shape index (κ3) is 0.621. The molecule has 2 heterocycles. The number of nitrogens with zero attached hydrogens (tertiary/aromatic N) is 3. The van der Waals surface area contributed by atoms with Gasteiger partial charge in [-0.05, 0) is 0 Å². The predicted molar refractivity (Wildman–Crippen MR) is 33.8 cm³/mol. The lowest BCUT2D eigenvalue weighted by molar-refractivity contribution is 0.144. The Balaban J connectivity index is 2.75. The van der Waals surface area contributed by atoms with Gasteiger partial charge in [0.15, 0.2) is 0 Å². The van der Waals surface area contributed by atoms with Crippen LogP contribution < -0.4 is 0 Å². The second kappa shape index (κ2) is 1.70. The molecular formula is C6H5N3O. The topological polar surface area (TPSA) is 50.9 Å². The van der Waals surface area contributed by atoms with Gasteiger partial charge in [0, 0.05) is 23.5 Å². The van der Waals surface area contributed by atoms with Crippen molar-refractivity contribution in [3.8, 4) is 11.1 Å². The number of rotatable bonds is 0. The monoisotopic (exact) mass is 135 g/mol. The largest absolute Gasteiger partial charge is 0.412 e. The van der Waals surface area contributed by atoms with E-state index in [2.05, 4.69) is 10.1 Å². The minimum atomic E-state index is 0.768. The fourth-order valence-electron chi connectivity index (χ4n) is 0.842. The lowest BCUT2D eigenvalue weighted by atomic mass is 10.2. The molecule has 10 heavy (non-hydrogen) atoms. The van der Waals surface area contributed by atoms with Crippen LogP contribution in [-0.4, -0.2) is 20.1 Å². The highest BCUT2D eigenvalue weighted by Gasteiger charge is 2.01. The van der Waals surface area contributed by atoms with Gasteiger partial charge in [0.05, 0.1) is 12.4 Å². The van der Waals surface area contributed by atoms with E-state index in [1.807, 2.05) is 0 Å².